The van der Waals surface area contributed by atoms with E-state index in [1.54, 1.807) is 0 Å². The second-order valence-electron chi connectivity index (χ2n) is 4.94. The van der Waals surface area contributed by atoms with Gasteiger partial charge in [0.2, 0.25) is 0 Å². The van der Waals surface area contributed by atoms with E-state index < -0.39 is 0 Å². The minimum absolute atomic E-state index is 0.651. The minimum atomic E-state index is 0.651. The first-order valence-electron chi connectivity index (χ1n) is 6.69. The van der Waals surface area contributed by atoms with Gasteiger partial charge in [-0.05, 0) is 57.3 Å². The first-order chi connectivity index (χ1) is 7.26. The molecule has 1 N–H and O–H groups in total. The summed E-state index contributed by atoms with van der Waals surface area (Å²) >= 11 is 0. The van der Waals surface area contributed by atoms with Gasteiger partial charge < -0.3 is 10.2 Å². The Bertz CT molecular complexity index is 164. The molecule has 1 saturated heterocycles. The SMILES string of the molecule is CCNCCCN1CCC(CC)(CC)C1. The van der Waals surface area contributed by atoms with Crippen LogP contribution in [0.15, 0.2) is 0 Å². The molecule has 1 aliphatic rings. The standard InChI is InChI=1S/C13H28N2/c1-4-13(5-2)8-11-15(12-13)10-7-9-14-6-3/h14H,4-12H2,1-3H3. The monoisotopic (exact) mass is 212 g/mol. The smallest absolute Gasteiger partial charge is 0.00383 e. The summed E-state index contributed by atoms with van der Waals surface area (Å²) in [5, 5.41) is 3.39. The number of likely N-dealkylation sites (tertiary alicyclic amines) is 1. The summed E-state index contributed by atoms with van der Waals surface area (Å²) < 4.78 is 0. The average Bonchev–Trinajstić information content (AvgIpc) is 2.69. The van der Waals surface area contributed by atoms with E-state index >= 15 is 0 Å². The van der Waals surface area contributed by atoms with Gasteiger partial charge in [-0.25, -0.2) is 0 Å². The topological polar surface area (TPSA) is 15.3 Å². The van der Waals surface area contributed by atoms with E-state index in [0.717, 1.165) is 6.54 Å². The molecule has 0 aromatic carbocycles. The van der Waals surface area contributed by atoms with Crippen LogP contribution in [-0.2, 0) is 0 Å². The first kappa shape index (κ1) is 13.0. The fourth-order valence-corrected chi connectivity index (χ4v) is 2.65. The molecule has 15 heavy (non-hydrogen) atoms. The van der Waals surface area contributed by atoms with E-state index in [2.05, 4.69) is 31.0 Å². The number of hydrogen-bond donors (Lipinski definition) is 1. The minimum Gasteiger partial charge on any atom is -0.317 e. The second kappa shape index (κ2) is 6.49. The van der Waals surface area contributed by atoms with Crippen LogP contribution in [0.3, 0.4) is 0 Å². The lowest BCUT2D eigenvalue weighted by atomic mass is 9.82. The van der Waals surface area contributed by atoms with Crippen molar-refractivity contribution in [2.45, 2.75) is 46.5 Å². The first-order valence-corrected chi connectivity index (χ1v) is 6.69. The third kappa shape index (κ3) is 3.76. The van der Waals surface area contributed by atoms with Crippen LogP contribution in [0.5, 0.6) is 0 Å². The van der Waals surface area contributed by atoms with E-state index in [4.69, 9.17) is 0 Å². The van der Waals surface area contributed by atoms with Crippen LogP contribution in [0.25, 0.3) is 0 Å². The highest BCUT2D eigenvalue weighted by Crippen LogP contribution is 2.36. The predicted octanol–water partition coefficient (Wildman–Crippen LogP) is 2.50. The fraction of sp³-hybridized carbons (Fsp3) is 1.00. The van der Waals surface area contributed by atoms with Gasteiger partial charge in [0.15, 0.2) is 0 Å². The van der Waals surface area contributed by atoms with Gasteiger partial charge in [-0.2, -0.15) is 0 Å². The van der Waals surface area contributed by atoms with E-state index in [-0.39, 0.29) is 0 Å². The van der Waals surface area contributed by atoms with Crippen LogP contribution in [0.2, 0.25) is 0 Å². The molecule has 2 heteroatoms. The number of hydrogen-bond acceptors (Lipinski definition) is 2. The Morgan fingerprint density at radius 3 is 2.47 bits per heavy atom. The summed E-state index contributed by atoms with van der Waals surface area (Å²) in [6, 6.07) is 0. The van der Waals surface area contributed by atoms with Gasteiger partial charge in [-0.1, -0.05) is 20.8 Å². The second-order valence-corrected chi connectivity index (χ2v) is 4.94. The van der Waals surface area contributed by atoms with Crippen LogP contribution < -0.4 is 5.32 Å². The highest BCUT2D eigenvalue weighted by atomic mass is 15.2. The summed E-state index contributed by atoms with van der Waals surface area (Å²) in [6.45, 7) is 13.1. The lowest BCUT2D eigenvalue weighted by Crippen LogP contribution is -2.29. The zero-order valence-electron chi connectivity index (χ0n) is 10.8. The Labute approximate surface area is 95.4 Å². The molecule has 0 radical (unpaired) electrons. The quantitative estimate of drug-likeness (QED) is 0.652. The summed E-state index contributed by atoms with van der Waals surface area (Å²) in [4.78, 5) is 2.66. The molecule has 0 spiro atoms. The summed E-state index contributed by atoms with van der Waals surface area (Å²) in [6.07, 6.45) is 5.43. The fourth-order valence-electron chi connectivity index (χ4n) is 2.65. The summed E-state index contributed by atoms with van der Waals surface area (Å²) in [7, 11) is 0. The Balaban J connectivity index is 2.18. The van der Waals surface area contributed by atoms with Crippen molar-refractivity contribution in [1.82, 2.24) is 10.2 Å². The van der Waals surface area contributed by atoms with Gasteiger partial charge >= 0.3 is 0 Å². The lowest BCUT2D eigenvalue weighted by Gasteiger charge is -2.26. The van der Waals surface area contributed by atoms with Crippen LogP contribution in [-0.4, -0.2) is 37.6 Å². The Hall–Kier alpha value is -0.0800. The maximum absolute atomic E-state index is 3.39. The molecule has 0 aromatic rings. The van der Waals surface area contributed by atoms with Crippen molar-refractivity contribution in [1.29, 1.82) is 0 Å². The van der Waals surface area contributed by atoms with Gasteiger partial charge in [-0.15, -0.1) is 0 Å². The lowest BCUT2D eigenvalue weighted by molar-refractivity contribution is 0.239. The molecule has 1 aliphatic heterocycles. The van der Waals surface area contributed by atoms with Crippen molar-refractivity contribution in [3.05, 3.63) is 0 Å². The van der Waals surface area contributed by atoms with Crippen molar-refractivity contribution >= 4 is 0 Å². The molecular formula is C13H28N2. The highest BCUT2D eigenvalue weighted by molar-refractivity contribution is 4.87. The molecule has 0 bridgehead atoms. The molecule has 1 heterocycles. The Kier molecular flexibility index (Phi) is 5.62. The summed E-state index contributed by atoms with van der Waals surface area (Å²) in [5.74, 6) is 0. The van der Waals surface area contributed by atoms with E-state index in [0.29, 0.717) is 5.41 Å². The normalized spacial score (nSPS) is 21.0. The molecule has 0 amide bonds. The Morgan fingerprint density at radius 2 is 1.93 bits per heavy atom. The van der Waals surface area contributed by atoms with Crippen LogP contribution in [0.4, 0.5) is 0 Å². The van der Waals surface area contributed by atoms with E-state index in [9.17, 15) is 0 Å². The van der Waals surface area contributed by atoms with E-state index in [1.807, 2.05) is 0 Å². The van der Waals surface area contributed by atoms with Crippen molar-refractivity contribution in [2.24, 2.45) is 5.41 Å². The zero-order chi connectivity index (χ0) is 11.1. The van der Waals surface area contributed by atoms with Gasteiger partial charge in [0.05, 0.1) is 0 Å². The zero-order valence-corrected chi connectivity index (χ0v) is 10.8. The molecule has 0 saturated carbocycles. The van der Waals surface area contributed by atoms with Crippen molar-refractivity contribution in [3.8, 4) is 0 Å². The maximum atomic E-state index is 3.39. The van der Waals surface area contributed by atoms with Gasteiger partial charge in [0.25, 0.3) is 0 Å². The largest absolute Gasteiger partial charge is 0.317 e. The maximum Gasteiger partial charge on any atom is 0.00383 e. The van der Waals surface area contributed by atoms with E-state index in [1.165, 1.54) is 51.9 Å². The molecule has 90 valence electrons. The molecule has 0 aromatic heterocycles. The summed E-state index contributed by atoms with van der Waals surface area (Å²) in [5.41, 5.74) is 0.651. The molecular weight excluding hydrogens is 184 g/mol. The third-order valence-corrected chi connectivity index (χ3v) is 4.10. The highest BCUT2D eigenvalue weighted by Gasteiger charge is 2.34. The van der Waals surface area contributed by atoms with Gasteiger partial charge in [0, 0.05) is 6.54 Å². The number of nitrogens with one attached hydrogen (secondary N) is 1. The van der Waals surface area contributed by atoms with Crippen LogP contribution >= 0.6 is 0 Å². The molecule has 0 unspecified atom stereocenters. The number of nitrogens with zero attached hydrogens (tertiary/aromatic N) is 1. The average molecular weight is 212 g/mol. The molecule has 1 rings (SSSR count). The molecule has 0 atom stereocenters. The van der Waals surface area contributed by atoms with Crippen molar-refractivity contribution < 1.29 is 0 Å². The molecule has 2 nitrogen and oxygen atoms in total. The van der Waals surface area contributed by atoms with Crippen molar-refractivity contribution in [2.75, 3.05) is 32.7 Å². The Morgan fingerprint density at radius 1 is 1.20 bits per heavy atom. The predicted molar refractivity (Wildman–Crippen MR) is 67.2 cm³/mol. The third-order valence-electron chi connectivity index (χ3n) is 4.10. The molecule has 0 aliphatic carbocycles. The number of rotatable bonds is 7. The van der Waals surface area contributed by atoms with Crippen LogP contribution in [0, 0.1) is 5.41 Å². The van der Waals surface area contributed by atoms with Crippen molar-refractivity contribution in [3.63, 3.8) is 0 Å². The van der Waals surface area contributed by atoms with Gasteiger partial charge in [0.1, 0.15) is 0 Å². The van der Waals surface area contributed by atoms with Crippen LogP contribution in [0.1, 0.15) is 46.5 Å². The molecule has 1 fully saturated rings. The van der Waals surface area contributed by atoms with Gasteiger partial charge in [-0.3, -0.25) is 0 Å².